The molecule has 3 rings (SSSR count). The second kappa shape index (κ2) is 6.04. The molecule has 20 heavy (non-hydrogen) atoms. The Morgan fingerprint density at radius 2 is 1.95 bits per heavy atom. The van der Waals surface area contributed by atoms with Crippen LogP contribution >= 0.6 is 50.6 Å². The molecule has 0 saturated carbocycles. The molecule has 0 aliphatic carbocycles. The molecule has 2 aromatic rings. The quantitative estimate of drug-likeness (QED) is 0.545. The van der Waals surface area contributed by atoms with Gasteiger partial charge in [-0.15, -0.1) is 11.3 Å². The normalized spacial score (nSPS) is 16.0. The van der Waals surface area contributed by atoms with E-state index in [1.54, 1.807) is 4.88 Å². The second-order valence-corrected chi connectivity index (χ2v) is 8.82. The van der Waals surface area contributed by atoms with E-state index < -0.39 is 0 Å². The molecule has 1 aromatic carbocycles. The zero-order valence-corrected chi connectivity index (χ0v) is 15.5. The van der Waals surface area contributed by atoms with Crippen LogP contribution in [-0.2, 0) is 12.2 Å². The average Bonchev–Trinajstić information content (AvgIpc) is 2.86. The average molecular weight is 388 g/mol. The van der Waals surface area contributed by atoms with Gasteiger partial charge in [0.1, 0.15) is 0 Å². The van der Waals surface area contributed by atoms with Crippen molar-refractivity contribution in [1.29, 1.82) is 0 Å². The minimum absolute atomic E-state index is 0.204. The van der Waals surface area contributed by atoms with Gasteiger partial charge in [-0.1, -0.05) is 33.6 Å². The van der Waals surface area contributed by atoms with Crippen molar-refractivity contribution >= 4 is 50.6 Å². The molecular weight excluding hydrogens is 372 g/mol. The molecule has 0 nitrogen and oxygen atoms in total. The van der Waals surface area contributed by atoms with Gasteiger partial charge >= 0.3 is 0 Å². The van der Waals surface area contributed by atoms with Crippen molar-refractivity contribution in [3.8, 4) is 0 Å². The lowest BCUT2D eigenvalue weighted by atomic mass is 10.0. The van der Waals surface area contributed by atoms with Crippen molar-refractivity contribution in [2.45, 2.75) is 30.8 Å². The van der Waals surface area contributed by atoms with Crippen molar-refractivity contribution in [3.05, 3.63) is 55.2 Å². The predicted octanol–water partition coefficient (Wildman–Crippen LogP) is 6.29. The first-order valence-corrected chi connectivity index (χ1v) is 9.92. The van der Waals surface area contributed by atoms with Crippen LogP contribution in [0.4, 0.5) is 0 Å². The number of alkyl halides is 1. The largest absolute Gasteiger partial charge is 0.157 e. The monoisotopic (exact) mass is 386 g/mol. The molecular formula is C16H16BrClS2. The molecule has 1 unspecified atom stereocenters. The van der Waals surface area contributed by atoms with Crippen LogP contribution < -0.4 is 0 Å². The Balaban J connectivity index is 1.98. The van der Waals surface area contributed by atoms with Crippen LogP contribution in [0.15, 0.2) is 18.2 Å². The van der Waals surface area contributed by atoms with Crippen LogP contribution in [-0.4, -0.2) is 5.75 Å². The molecule has 0 N–H and O–H groups in total. The minimum atomic E-state index is 0.204. The maximum Gasteiger partial charge on any atom is 0.0752 e. The smallest absolute Gasteiger partial charge is 0.0752 e. The van der Waals surface area contributed by atoms with Gasteiger partial charge in [-0.25, -0.2) is 0 Å². The van der Waals surface area contributed by atoms with Crippen molar-refractivity contribution in [3.63, 3.8) is 0 Å². The highest BCUT2D eigenvalue weighted by Crippen LogP contribution is 2.42. The highest BCUT2D eigenvalue weighted by atomic mass is 79.9. The number of rotatable bonds is 2. The Bertz CT molecular complexity index is 625. The molecule has 106 valence electrons. The first kappa shape index (κ1) is 15.0. The van der Waals surface area contributed by atoms with E-state index >= 15 is 0 Å². The van der Waals surface area contributed by atoms with Crippen LogP contribution in [0, 0.1) is 13.8 Å². The van der Waals surface area contributed by atoms with E-state index in [0.717, 1.165) is 10.8 Å². The summed E-state index contributed by atoms with van der Waals surface area (Å²) >= 11 is 14.3. The number of halogens is 2. The molecule has 1 aliphatic rings. The highest BCUT2D eigenvalue weighted by Gasteiger charge is 2.21. The third kappa shape index (κ3) is 2.83. The van der Waals surface area contributed by atoms with E-state index in [0.29, 0.717) is 0 Å². The van der Waals surface area contributed by atoms with Crippen molar-refractivity contribution in [2.75, 3.05) is 5.75 Å². The third-order valence-corrected chi connectivity index (χ3v) is 7.71. The van der Waals surface area contributed by atoms with E-state index in [1.807, 2.05) is 23.1 Å². The maximum absolute atomic E-state index is 6.44. The number of hydrogen-bond acceptors (Lipinski definition) is 2. The lowest BCUT2D eigenvalue weighted by Gasteiger charge is -2.13. The van der Waals surface area contributed by atoms with E-state index in [2.05, 4.69) is 48.0 Å². The minimum Gasteiger partial charge on any atom is -0.157 e. The van der Waals surface area contributed by atoms with Crippen molar-refractivity contribution in [2.24, 2.45) is 0 Å². The van der Waals surface area contributed by atoms with Crippen LogP contribution in [0.25, 0.3) is 0 Å². The van der Waals surface area contributed by atoms with E-state index in [-0.39, 0.29) is 4.83 Å². The summed E-state index contributed by atoms with van der Waals surface area (Å²) < 4.78 is 0. The maximum atomic E-state index is 6.44. The SMILES string of the molecule is Cc1cc(Cl)c(C(Br)c2cc3c(s2)CCSC3)cc1C. The van der Waals surface area contributed by atoms with Gasteiger partial charge in [0.2, 0.25) is 0 Å². The summed E-state index contributed by atoms with van der Waals surface area (Å²) in [6, 6.07) is 6.64. The zero-order valence-electron chi connectivity index (χ0n) is 11.5. The molecule has 0 saturated heterocycles. The van der Waals surface area contributed by atoms with Crippen molar-refractivity contribution in [1.82, 2.24) is 0 Å². The molecule has 1 aromatic heterocycles. The van der Waals surface area contributed by atoms with E-state index in [4.69, 9.17) is 11.6 Å². The summed E-state index contributed by atoms with van der Waals surface area (Å²) in [5, 5.41) is 0.857. The van der Waals surface area contributed by atoms with Gasteiger partial charge in [-0.3, -0.25) is 0 Å². The Morgan fingerprint density at radius 3 is 2.70 bits per heavy atom. The highest BCUT2D eigenvalue weighted by molar-refractivity contribution is 9.09. The number of thioether (sulfide) groups is 1. The Labute approximate surface area is 142 Å². The Morgan fingerprint density at radius 1 is 1.20 bits per heavy atom. The summed E-state index contributed by atoms with van der Waals surface area (Å²) in [6.45, 7) is 4.25. The first-order valence-electron chi connectivity index (χ1n) is 6.66. The molecule has 0 radical (unpaired) electrons. The summed E-state index contributed by atoms with van der Waals surface area (Å²) in [7, 11) is 0. The molecule has 0 amide bonds. The summed E-state index contributed by atoms with van der Waals surface area (Å²) in [5.41, 5.74) is 5.25. The van der Waals surface area contributed by atoms with Crippen LogP contribution in [0.2, 0.25) is 5.02 Å². The van der Waals surface area contributed by atoms with Crippen LogP contribution in [0.3, 0.4) is 0 Å². The second-order valence-electron chi connectivity index (χ2n) is 5.22. The fourth-order valence-corrected chi connectivity index (χ4v) is 6.07. The number of fused-ring (bicyclic) bond motifs is 1. The third-order valence-electron chi connectivity index (χ3n) is 3.78. The van der Waals surface area contributed by atoms with Crippen LogP contribution in [0.1, 0.15) is 36.8 Å². The summed E-state index contributed by atoms with van der Waals surface area (Å²) in [4.78, 5) is 3.14. The van der Waals surface area contributed by atoms with Gasteiger partial charge in [0.25, 0.3) is 0 Å². The predicted molar refractivity (Wildman–Crippen MR) is 95.9 cm³/mol. The first-order chi connectivity index (χ1) is 9.56. The van der Waals surface area contributed by atoms with Gasteiger partial charge in [0.15, 0.2) is 0 Å². The van der Waals surface area contributed by atoms with Gasteiger partial charge in [-0.2, -0.15) is 11.8 Å². The molecule has 0 bridgehead atoms. The number of thiophene rings is 1. The van der Waals surface area contributed by atoms with E-state index in [9.17, 15) is 0 Å². The van der Waals surface area contributed by atoms with Crippen molar-refractivity contribution < 1.29 is 0 Å². The molecule has 1 aliphatic heterocycles. The molecule has 4 heteroatoms. The lowest BCUT2D eigenvalue weighted by Crippen LogP contribution is -1.96. The van der Waals surface area contributed by atoms with Crippen LogP contribution in [0.5, 0.6) is 0 Å². The van der Waals surface area contributed by atoms with Gasteiger partial charge in [0.05, 0.1) is 4.83 Å². The van der Waals surface area contributed by atoms with Gasteiger partial charge in [0, 0.05) is 20.5 Å². The Kier molecular flexibility index (Phi) is 4.51. The van der Waals surface area contributed by atoms with Gasteiger partial charge in [-0.05, 0) is 60.4 Å². The number of benzene rings is 1. The van der Waals surface area contributed by atoms with Gasteiger partial charge < -0.3 is 0 Å². The fourth-order valence-electron chi connectivity index (χ4n) is 2.45. The zero-order chi connectivity index (χ0) is 14.3. The lowest BCUT2D eigenvalue weighted by molar-refractivity contribution is 1.13. The fraction of sp³-hybridized carbons (Fsp3) is 0.375. The Hall–Kier alpha value is 0.0400. The summed E-state index contributed by atoms with van der Waals surface area (Å²) in [5.74, 6) is 2.41. The molecule has 0 fully saturated rings. The summed E-state index contributed by atoms with van der Waals surface area (Å²) in [6.07, 6.45) is 1.21. The molecule has 0 spiro atoms. The van der Waals surface area contributed by atoms with E-state index in [1.165, 1.54) is 39.3 Å². The molecule has 2 heterocycles. The standard InChI is InChI=1S/C16H16BrClS2/c1-9-5-12(13(18)6-10(9)2)16(17)15-7-11-8-19-4-3-14(11)20-15/h5-7,16H,3-4,8H2,1-2H3. The topological polar surface area (TPSA) is 0 Å². The molecule has 1 atom stereocenters. The number of aryl methyl sites for hydroxylation is 3. The number of hydrogen-bond donors (Lipinski definition) is 0.